The number of nitrogens with zero attached hydrogens (tertiary/aromatic N) is 5. The molecular formula is C35H36FN7O. The Kier molecular flexibility index (Phi) is 7.80. The molecule has 0 unspecified atom stereocenters. The van der Waals surface area contributed by atoms with Crippen molar-refractivity contribution in [2.24, 2.45) is 0 Å². The van der Waals surface area contributed by atoms with Crippen molar-refractivity contribution in [1.82, 2.24) is 34.9 Å². The summed E-state index contributed by atoms with van der Waals surface area (Å²) < 4.78 is 20.5. The Balaban J connectivity index is 1.21. The highest BCUT2D eigenvalue weighted by Crippen LogP contribution is 2.36. The van der Waals surface area contributed by atoms with Gasteiger partial charge in [0.15, 0.2) is 0 Å². The Hall–Kier alpha value is -4.60. The van der Waals surface area contributed by atoms with Crippen molar-refractivity contribution in [3.05, 3.63) is 84.6 Å². The van der Waals surface area contributed by atoms with Crippen LogP contribution in [0.15, 0.2) is 73.2 Å². The minimum absolute atomic E-state index is 0.344. The van der Waals surface area contributed by atoms with Gasteiger partial charge in [-0.25, -0.2) is 9.37 Å². The third-order valence-corrected chi connectivity index (χ3v) is 8.32. The molecule has 224 valence electrons. The molecule has 0 aliphatic carbocycles. The van der Waals surface area contributed by atoms with Crippen LogP contribution in [0.1, 0.15) is 24.8 Å². The molecule has 1 fully saturated rings. The first-order valence-corrected chi connectivity index (χ1v) is 15.2. The summed E-state index contributed by atoms with van der Waals surface area (Å²) in [5.41, 5.74) is 8.29. The van der Waals surface area contributed by atoms with E-state index in [2.05, 4.69) is 54.3 Å². The van der Waals surface area contributed by atoms with Crippen molar-refractivity contribution in [1.29, 1.82) is 0 Å². The number of nitrogens with one attached hydrogen (secondary N) is 2. The molecule has 0 spiro atoms. The molecule has 0 radical (unpaired) electrons. The normalized spacial score (nSPS) is 14.2. The summed E-state index contributed by atoms with van der Waals surface area (Å²) in [6.07, 6.45) is 9.51. The van der Waals surface area contributed by atoms with Crippen LogP contribution < -0.4 is 4.74 Å². The Morgan fingerprint density at radius 2 is 1.80 bits per heavy atom. The number of likely N-dealkylation sites (tertiary alicyclic amines) is 1. The summed E-state index contributed by atoms with van der Waals surface area (Å²) in [4.78, 5) is 17.1. The molecule has 2 aromatic carbocycles. The molecule has 0 saturated carbocycles. The van der Waals surface area contributed by atoms with Gasteiger partial charge in [0, 0.05) is 54.1 Å². The van der Waals surface area contributed by atoms with E-state index in [0.717, 1.165) is 76.1 Å². The molecule has 0 atom stereocenters. The smallest absolute Gasteiger partial charge is 0.138 e. The van der Waals surface area contributed by atoms with E-state index >= 15 is 0 Å². The number of halogens is 1. The summed E-state index contributed by atoms with van der Waals surface area (Å²) in [5, 5.41) is 9.74. The fraction of sp³-hybridized carbons (Fsp3) is 0.286. The van der Waals surface area contributed by atoms with E-state index in [9.17, 15) is 4.39 Å². The Bertz CT molecular complexity index is 1920. The number of aromatic nitrogens is 5. The average Bonchev–Trinajstić information content (AvgIpc) is 3.65. The lowest BCUT2D eigenvalue weighted by Gasteiger charge is -2.26. The van der Waals surface area contributed by atoms with Crippen LogP contribution in [0.4, 0.5) is 4.39 Å². The molecule has 1 aliphatic heterocycles. The fourth-order valence-corrected chi connectivity index (χ4v) is 6.06. The summed E-state index contributed by atoms with van der Waals surface area (Å²) in [6.45, 7) is 4.45. The molecule has 7 rings (SSSR count). The number of aromatic amines is 2. The molecule has 0 amide bonds. The zero-order valence-electron chi connectivity index (χ0n) is 25.1. The highest BCUT2D eigenvalue weighted by molar-refractivity contribution is 6.00. The van der Waals surface area contributed by atoms with Gasteiger partial charge in [-0.05, 0) is 105 Å². The van der Waals surface area contributed by atoms with Crippen LogP contribution in [0.2, 0.25) is 0 Å². The van der Waals surface area contributed by atoms with Crippen LogP contribution in [-0.2, 0) is 6.54 Å². The van der Waals surface area contributed by atoms with E-state index in [-0.39, 0.29) is 5.82 Å². The van der Waals surface area contributed by atoms with E-state index in [1.54, 1.807) is 6.20 Å². The zero-order chi connectivity index (χ0) is 30.0. The number of likely N-dealkylation sites (N-methyl/N-ethyl adjacent to an activating group) is 1. The third kappa shape index (κ3) is 5.93. The number of H-pyrrole nitrogens is 2. The molecule has 1 saturated heterocycles. The Morgan fingerprint density at radius 1 is 0.909 bits per heavy atom. The van der Waals surface area contributed by atoms with Gasteiger partial charge in [-0.15, -0.1) is 0 Å². The minimum atomic E-state index is -0.344. The van der Waals surface area contributed by atoms with Crippen LogP contribution in [0.25, 0.3) is 55.6 Å². The predicted molar refractivity (Wildman–Crippen MR) is 173 cm³/mol. The van der Waals surface area contributed by atoms with Crippen molar-refractivity contribution in [2.45, 2.75) is 25.8 Å². The molecule has 44 heavy (non-hydrogen) atoms. The van der Waals surface area contributed by atoms with Gasteiger partial charge in [-0.1, -0.05) is 12.5 Å². The standard InChI is InChI=1S/C35H36FN7O/c1-42(2)12-13-44-28-16-25(15-27(36)18-28)29-8-9-38-35-30(29)19-33(39-35)34-31-17-24(6-7-32(31)40-41-34)26-14-23(20-37-21-26)22-43-10-4-3-5-11-43/h6-9,14-21H,3-5,10-13,22H2,1-2H3,(H,38,39)(H,40,41). The van der Waals surface area contributed by atoms with Crippen LogP contribution in [0.5, 0.6) is 5.75 Å². The summed E-state index contributed by atoms with van der Waals surface area (Å²) in [5.74, 6) is 0.159. The maximum absolute atomic E-state index is 14.7. The number of rotatable bonds is 9. The summed E-state index contributed by atoms with van der Waals surface area (Å²) in [6, 6.07) is 17.4. The quantitative estimate of drug-likeness (QED) is 0.191. The van der Waals surface area contributed by atoms with Crippen LogP contribution in [0.3, 0.4) is 0 Å². The van der Waals surface area contributed by atoms with Gasteiger partial charge in [0.05, 0.1) is 11.2 Å². The van der Waals surface area contributed by atoms with Crippen molar-refractivity contribution >= 4 is 21.9 Å². The highest BCUT2D eigenvalue weighted by atomic mass is 19.1. The lowest BCUT2D eigenvalue weighted by Crippen LogP contribution is -2.29. The maximum atomic E-state index is 14.7. The average molecular weight is 590 g/mol. The second-order valence-corrected chi connectivity index (χ2v) is 11.9. The predicted octanol–water partition coefficient (Wildman–Crippen LogP) is 6.90. The van der Waals surface area contributed by atoms with E-state index < -0.39 is 0 Å². The molecule has 9 heteroatoms. The number of hydrogen-bond acceptors (Lipinski definition) is 6. The minimum Gasteiger partial charge on any atom is -0.492 e. The first-order chi connectivity index (χ1) is 21.5. The van der Waals surface area contributed by atoms with E-state index in [1.807, 2.05) is 49.6 Å². The molecule has 6 aromatic rings. The second-order valence-electron chi connectivity index (χ2n) is 11.9. The van der Waals surface area contributed by atoms with Crippen molar-refractivity contribution in [2.75, 3.05) is 40.3 Å². The van der Waals surface area contributed by atoms with E-state index in [1.165, 1.54) is 37.0 Å². The van der Waals surface area contributed by atoms with Gasteiger partial charge in [0.1, 0.15) is 29.5 Å². The largest absolute Gasteiger partial charge is 0.492 e. The van der Waals surface area contributed by atoms with Crippen molar-refractivity contribution in [3.63, 3.8) is 0 Å². The summed E-state index contributed by atoms with van der Waals surface area (Å²) in [7, 11) is 3.96. The van der Waals surface area contributed by atoms with Gasteiger partial charge in [-0.2, -0.15) is 5.10 Å². The molecule has 1 aliphatic rings. The number of benzene rings is 2. The van der Waals surface area contributed by atoms with Crippen molar-refractivity contribution < 1.29 is 9.13 Å². The lowest BCUT2D eigenvalue weighted by atomic mass is 10.0. The molecule has 2 N–H and O–H groups in total. The molecular weight excluding hydrogens is 553 g/mol. The lowest BCUT2D eigenvalue weighted by molar-refractivity contribution is 0.220. The van der Waals surface area contributed by atoms with Gasteiger partial charge in [0.25, 0.3) is 0 Å². The number of fused-ring (bicyclic) bond motifs is 2. The zero-order valence-corrected chi connectivity index (χ0v) is 25.1. The highest BCUT2D eigenvalue weighted by Gasteiger charge is 2.17. The Labute approximate surface area is 255 Å². The van der Waals surface area contributed by atoms with Gasteiger partial charge in [0.2, 0.25) is 0 Å². The second kappa shape index (κ2) is 12.2. The fourth-order valence-electron chi connectivity index (χ4n) is 6.06. The van der Waals surface area contributed by atoms with E-state index in [0.29, 0.717) is 18.0 Å². The first kappa shape index (κ1) is 28.2. The maximum Gasteiger partial charge on any atom is 0.138 e. The molecule has 8 nitrogen and oxygen atoms in total. The van der Waals surface area contributed by atoms with Gasteiger partial charge in [-0.3, -0.25) is 15.0 Å². The SMILES string of the molecule is CN(C)CCOc1cc(F)cc(-c2ccnc3[nH]c(-c4n[nH]c5ccc(-c6cncc(CN7CCCCC7)c6)cc45)cc23)c1. The van der Waals surface area contributed by atoms with E-state index in [4.69, 9.17) is 4.74 Å². The number of pyridine rings is 2. The number of ether oxygens (including phenoxy) is 1. The Morgan fingerprint density at radius 3 is 2.66 bits per heavy atom. The summed E-state index contributed by atoms with van der Waals surface area (Å²) >= 11 is 0. The van der Waals surface area contributed by atoms with Crippen LogP contribution in [-0.4, -0.2) is 75.3 Å². The van der Waals surface area contributed by atoms with Crippen molar-refractivity contribution in [3.8, 4) is 39.4 Å². The first-order valence-electron chi connectivity index (χ1n) is 15.2. The third-order valence-electron chi connectivity index (χ3n) is 8.32. The van der Waals surface area contributed by atoms with Crippen LogP contribution >= 0.6 is 0 Å². The van der Waals surface area contributed by atoms with Crippen LogP contribution in [0, 0.1) is 5.82 Å². The number of hydrogen-bond donors (Lipinski definition) is 2. The molecule has 4 aromatic heterocycles. The molecule has 0 bridgehead atoms. The van der Waals surface area contributed by atoms with Gasteiger partial charge < -0.3 is 14.6 Å². The monoisotopic (exact) mass is 589 g/mol. The topological polar surface area (TPSA) is 86.0 Å². The van der Waals surface area contributed by atoms with Gasteiger partial charge >= 0.3 is 0 Å². The molecule has 5 heterocycles. The number of piperidine rings is 1.